The number of aliphatic hydroxyl groups is 1. The van der Waals surface area contributed by atoms with Gasteiger partial charge in [0.05, 0.1) is 12.6 Å². The van der Waals surface area contributed by atoms with Crippen LogP contribution in [0.1, 0.15) is 22.7 Å². The highest BCUT2D eigenvalue weighted by atomic mass is 19.1. The number of aryl methyl sites for hydroxylation is 2. The van der Waals surface area contributed by atoms with Gasteiger partial charge in [0.15, 0.2) is 0 Å². The van der Waals surface area contributed by atoms with Gasteiger partial charge in [0, 0.05) is 5.69 Å². The maximum absolute atomic E-state index is 13.2. The summed E-state index contributed by atoms with van der Waals surface area (Å²) < 4.78 is 13.2. The third kappa shape index (κ3) is 3.32. The van der Waals surface area contributed by atoms with E-state index >= 15 is 0 Å². The first-order valence-electron chi connectivity index (χ1n) is 6.30. The minimum absolute atomic E-state index is 0.0413. The molecule has 0 aliphatic heterocycles. The monoisotopic (exact) mass is 259 g/mol. The average Bonchev–Trinajstić information content (AvgIpc) is 2.37. The molecule has 0 saturated carbocycles. The second kappa shape index (κ2) is 5.85. The number of rotatable bonds is 4. The topological polar surface area (TPSA) is 32.3 Å². The first-order chi connectivity index (χ1) is 9.10. The Labute approximate surface area is 112 Å². The van der Waals surface area contributed by atoms with Crippen LogP contribution in [-0.2, 0) is 0 Å². The van der Waals surface area contributed by atoms with E-state index in [0.717, 1.165) is 11.1 Å². The number of aliphatic hydroxyl groups excluding tert-OH is 1. The Morgan fingerprint density at radius 3 is 2.58 bits per heavy atom. The molecular weight excluding hydrogens is 241 g/mol. The second-order valence-electron chi connectivity index (χ2n) is 4.75. The molecule has 2 N–H and O–H groups in total. The van der Waals surface area contributed by atoms with Gasteiger partial charge in [0.1, 0.15) is 5.82 Å². The Morgan fingerprint density at radius 2 is 1.95 bits per heavy atom. The molecular formula is C16H18FNO. The quantitative estimate of drug-likeness (QED) is 0.879. The van der Waals surface area contributed by atoms with Gasteiger partial charge in [-0.2, -0.15) is 0 Å². The van der Waals surface area contributed by atoms with E-state index in [4.69, 9.17) is 0 Å². The van der Waals surface area contributed by atoms with Crippen molar-refractivity contribution in [3.8, 4) is 0 Å². The normalized spacial score (nSPS) is 12.2. The van der Waals surface area contributed by atoms with E-state index in [1.54, 1.807) is 12.1 Å². The standard InChI is InChI=1S/C16H18FNO/c1-11-6-7-15(12(2)8-11)16(10-19)18-14-5-3-4-13(17)9-14/h3-9,16,18-19H,10H2,1-2H3. The van der Waals surface area contributed by atoms with E-state index in [-0.39, 0.29) is 18.5 Å². The van der Waals surface area contributed by atoms with Gasteiger partial charge >= 0.3 is 0 Å². The molecule has 1 atom stereocenters. The summed E-state index contributed by atoms with van der Waals surface area (Å²) in [6.07, 6.45) is 0. The maximum Gasteiger partial charge on any atom is 0.125 e. The summed E-state index contributed by atoms with van der Waals surface area (Å²) in [7, 11) is 0. The fraction of sp³-hybridized carbons (Fsp3) is 0.250. The molecule has 0 spiro atoms. The van der Waals surface area contributed by atoms with Crippen LogP contribution < -0.4 is 5.32 Å². The molecule has 0 aliphatic carbocycles. The lowest BCUT2D eigenvalue weighted by atomic mass is 9.99. The summed E-state index contributed by atoms with van der Waals surface area (Å²) in [5.41, 5.74) is 3.99. The van der Waals surface area contributed by atoms with Gasteiger partial charge in [-0.15, -0.1) is 0 Å². The van der Waals surface area contributed by atoms with Crippen molar-refractivity contribution in [2.24, 2.45) is 0 Å². The molecule has 0 aromatic heterocycles. The highest BCUT2D eigenvalue weighted by Crippen LogP contribution is 2.23. The average molecular weight is 259 g/mol. The molecule has 0 fully saturated rings. The number of halogens is 1. The van der Waals surface area contributed by atoms with Gasteiger partial charge in [0.2, 0.25) is 0 Å². The molecule has 0 bridgehead atoms. The van der Waals surface area contributed by atoms with Gasteiger partial charge in [-0.05, 0) is 43.2 Å². The Hall–Kier alpha value is -1.87. The second-order valence-corrected chi connectivity index (χ2v) is 4.75. The smallest absolute Gasteiger partial charge is 0.125 e. The minimum Gasteiger partial charge on any atom is -0.394 e. The summed E-state index contributed by atoms with van der Waals surface area (Å²) >= 11 is 0. The van der Waals surface area contributed by atoms with Gasteiger partial charge in [-0.3, -0.25) is 0 Å². The van der Waals surface area contributed by atoms with Crippen LogP contribution in [0.4, 0.5) is 10.1 Å². The van der Waals surface area contributed by atoms with Crippen LogP contribution in [0, 0.1) is 19.7 Å². The molecule has 2 nitrogen and oxygen atoms in total. The zero-order valence-electron chi connectivity index (χ0n) is 11.2. The van der Waals surface area contributed by atoms with Crippen molar-refractivity contribution in [1.29, 1.82) is 0 Å². The van der Waals surface area contributed by atoms with Crippen molar-refractivity contribution in [2.45, 2.75) is 19.9 Å². The van der Waals surface area contributed by atoms with Gasteiger partial charge in [-0.1, -0.05) is 29.8 Å². The zero-order valence-corrected chi connectivity index (χ0v) is 11.2. The SMILES string of the molecule is Cc1ccc(C(CO)Nc2cccc(F)c2)c(C)c1. The van der Waals surface area contributed by atoms with Crippen molar-refractivity contribution < 1.29 is 9.50 Å². The summed E-state index contributed by atoms with van der Waals surface area (Å²) in [6, 6.07) is 12.1. The fourth-order valence-corrected chi connectivity index (χ4v) is 2.22. The fourth-order valence-electron chi connectivity index (χ4n) is 2.22. The lowest BCUT2D eigenvalue weighted by Crippen LogP contribution is -2.16. The summed E-state index contributed by atoms with van der Waals surface area (Å²) in [5.74, 6) is -0.290. The molecule has 100 valence electrons. The van der Waals surface area contributed by atoms with E-state index in [9.17, 15) is 9.50 Å². The molecule has 0 radical (unpaired) electrons. The van der Waals surface area contributed by atoms with Gasteiger partial charge in [-0.25, -0.2) is 4.39 Å². The highest BCUT2D eigenvalue weighted by molar-refractivity contribution is 5.47. The predicted molar refractivity (Wildman–Crippen MR) is 75.8 cm³/mol. The lowest BCUT2D eigenvalue weighted by Gasteiger charge is -2.20. The van der Waals surface area contributed by atoms with Crippen molar-refractivity contribution in [3.05, 3.63) is 65.0 Å². The summed E-state index contributed by atoms with van der Waals surface area (Å²) in [5, 5.41) is 12.7. The van der Waals surface area contributed by atoms with Crippen LogP contribution >= 0.6 is 0 Å². The van der Waals surface area contributed by atoms with E-state index in [1.807, 2.05) is 26.0 Å². The lowest BCUT2D eigenvalue weighted by molar-refractivity contribution is 0.276. The molecule has 0 amide bonds. The van der Waals surface area contributed by atoms with E-state index < -0.39 is 0 Å². The Balaban J connectivity index is 2.25. The summed E-state index contributed by atoms with van der Waals surface area (Å²) in [6.45, 7) is 4.00. The molecule has 0 heterocycles. The number of hydrogen-bond donors (Lipinski definition) is 2. The largest absolute Gasteiger partial charge is 0.394 e. The molecule has 0 aliphatic rings. The molecule has 2 rings (SSSR count). The third-order valence-electron chi connectivity index (χ3n) is 3.15. The van der Waals surface area contributed by atoms with Crippen LogP contribution in [0.15, 0.2) is 42.5 Å². The van der Waals surface area contributed by atoms with Crippen molar-refractivity contribution >= 4 is 5.69 Å². The Bertz CT molecular complexity index is 568. The van der Waals surface area contributed by atoms with Crippen LogP contribution in [-0.4, -0.2) is 11.7 Å². The molecule has 2 aromatic carbocycles. The maximum atomic E-state index is 13.2. The molecule has 1 unspecified atom stereocenters. The zero-order chi connectivity index (χ0) is 13.8. The minimum atomic E-state index is -0.290. The van der Waals surface area contributed by atoms with Crippen LogP contribution in [0.25, 0.3) is 0 Å². The van der Waals surface area contributed by atoms with Gasteiger partial charge < -0.3 is 10.4 Å². The molecule has 19 heavy (non-hydrogen) atoms. The van der Waals surface area contributed by atoms with E-state index in [2.05, 4.69) is 11.4 Å². The van der Waals surface area contributed by atoms with Crippen LogP contribution in [0.3, 0.4) is 0 Å². The number of hydrogen-bond acceptors (Lipinski definition) is 2. The Kier molecular flexibility index (Phi) is 4.17. The van der Waals surface area contributed by atoms with Crippen molar-refractivity contribution in [3.63, 3.8) is 0 Å². The van der Waals surface area contributed by atoms with Gasteiger partial charge in [0.25, 0.3) is 0 Å². The Morgan fingerprint density at radius 1 is 1.16 bits per heavy atom. The van der Waals surface area contributed by atoms with Crippen LogP contribution in [0.2, 0.25) is 0 Å². The number of benzene rings is 2. The first kappa shape index (κ1) is 13.6. The van der Waals surface area contributed by atoms with E-state index in [0.29, 0.717) is 5.69 Å². The first-order valence-corrected chi connectivity index (χ1v) is 6.30. The third-order valence-corrected chi connectivity index (χ3v) is 3.15. The molecule has 3 heteroatoms. The number of anilines is 1. The van der Waals surface area contributed by atoms with Crippen molar-refractivity contribution in [1.82, 2.24) is 0 Å². The summed E-state index contributed by atoms with van der Waals surface area (Å²) in [4.78, 5) is 0. The van der Waals surface area contributed by atoms with Crippen LogP contribution in [0.5, 0.6) is 0 Å². The highest BCUT2D eigenvalue weighted by Gasteiger charge is 2.12. The van der Waals surface area contributed by atoms with Crippen molar-refractivity contribution in [2.75, 3.05) is 11.9 Å². The molecule has 0 saturated heterocycles. The predicted octanol–water partition coefficient (Wildman–Crippen LogP) is 3.59. The molecule has 2 aromatic rings. The van der Waals surface area contributed by atoms with E-state index in [1.165, 1.54) is 17.7 Å². The number of nitrogens with one attached hydrogen (secondary N) is 1.